The molecule has 0 atom stereocenters. The van der Waals surface area contributed by atoms with E-state index in [4.69, 9.17) is 29.8 Å². The topological polar surface area (TPSA) is 325 Å². The molecule has 27 heteroatoms. The number of hydrogen-bond donors (Lipinski definition) is 4. The van der Waals surface area contributed by atoms with E-state index < -0.39 is 35.4 Å². The van der Waals surface area contributed by atoms with E-state index in [2.05, 4.69) is 40.9 Å². The Bertz CT molecular complexity index is 3060. The molecule has 0 spiro atoms. The Morgan fingerprint density at radius 2 is 1.24 bits per heavy atom. The Kier molecular flexibility index (Phi) is 40.8. The zero-order chi connectivity index (χ0) is 59.4. The molecule has 0 aliphatic rings. The maximum absolute atomic E-state index is 13.2. The normalized spacial score (nSPS) is 10.6. The van der Waals surface area contributed by atoms with Gasteiger partial charge < -0.3 is 60.1 Å². The molecule has 7 rings (SSSR count). The smallest absolute Gasteiger partial charge is 0.870 e. The van der Waals surface area contributed by atoms with Crippen molar-refractivity contribution in [3.63, 3.8) is 0 Å². The van der Waals surface area contributed by atoms with E-state index in [1.54, 1.807) is 93.8 Å². The minimum absolute atomic E-state index is 0. The maximum atomic E-state index is 13.2. The van der Waals surface area contributed by atoms with Gasteiger partial charge in [0.05, 0.1) is 80.1 Å². The van der Waals surface area contributed by atoms with Crippen LogP contribution in [0.5, 0.6) is 0 Å². The van der Waals surface area contributed by atoms with Crippen LogP contribution in [-0.2, 0) is 54.3 Å². The number of aliphatic carboxylic acids is 1. The number of benzene rings is 2. The summed E-state index contributed by atoms with van der Waals surface area (Å²) in [5.74, 6) is 0.355. The van der Waals surface area contributed by atoms with Gasteiger partial charge in [0.15, 0.2) is 12.0 Å². The number of carboxylic acid groups (broad SMARTS) is 1. The number of carbonyl (C=O) groups is 4. The third-order valence-corrected chi connectivity index (χ3v) is 9.07. The number of alkyl halides is 6. The Balaban J connectivity index is -0.00000100. The first-order valence-electron chi connectivity index (χ1n) is 23.4. The minimum Gasteiger partial charge on any atom is -0.870 e. The second-order valence-electron chi connectivity index (χ2n) is 15.3. The van der Waals surface area contributed by atoms with Gasteiger partial charge in [0, 0.05) is 36.8 Å². The number of anilines is 1. The number of nitrogens with two attached hydrogens (primary N) is 2. The number of amides is 1. The summed E-state index contributed by atoms with van der Waals surface area (Å²) in [6.45, 7) is 10.9. The van der Waals surface area contributed by atoms with Crippen molar-refractivity contribution in [1.82, 2.24) is 9.78 Å². The maximum Gasteiger partial charge on any atom is 1.00 e. The molecule has 20 nitrogen and oxygen atoms in total. The molecule has 2 aromatic carbocycles. The number of nitrogens with one attached hydrogen (secondary N) is 1. The quantitative estimate of drug-likeness (QED) is 0.00631. The molecule has 1 amide bonds. The van der Waals surface area contributed by atoms with Crippen LogP contribution in [0.4, 0.5) is 32.0 Å². The van der Waals surface area contributed by atoms with Crippen LogP contribution < -0.4 is 35.6 Å². The van der Waals surface area contributed by atoms with E-state index >= 15 is 0 Å². The van der Waals surface area contributed by atoms with E-state index in [9.17, 15) is 45.5 Å². The SMILES string of the molecule is C.C=COOCC.CCOC(=O)/C=C/c1ccco1.Cc1ccc(CN=CC(N)=CN)c(C(F)(F)F)c1.Cc1ccc(Cn2cc(NC(=O)/C=C/c3ccco3)cn2)c(C(F)(F)F)c1.O.O=C(O)/C=C/c1ccco1.O=Cc1ccco1.[Li+].[OH-]. The van der Waals surface area contributed by atoms with E-state index in [-0.39, 0.29) is 73.1 Å². The number of ether oxygens (including phenoxy) is 1. The molecule has 0 bridgehead atoms. The standard InChI is InChI=1S/C19H16F3N3O2.C12H14F3N3.C9H10O3.C7H6O3.C5H4O2.C4H8O2.CH4.Li.2H2O/c1-13-4-5-14(17(9-13)19(20,21)22)11-25-12-15(10-23-25)24-18(26)7-6-16-3-2-8-27-16;1-8-2-3-9(6-18-7-10(17)5-16)11(4-8)12(13,14)15;1-2-11-9(10)6-5-8-4-3-7-12-8;8-7(9)4-3-6-2-1-5-10-6;6-4-5-2-1-3-7-5;1-3-5-6-4-2;;;;/h2-10,12H,11H2,1H3,(H,24,26);2-5,7H,6,16-17H2,1H3;3-7H,2H2,1H3;1-5H,(H,8,9);1-4H;3H,1,4H2,2H3;1H4;;2*1H2/q;;;;;;;+1;;/p-1/b7-6+;;6-5+;4-3+;;;;;;. The first kappa shape index (κ1) is 78.9. The number of rotatable bonds is 17. The summed E-state index contributed by atoms with van der Waals surface area (Å²) in [5, 5.41) is 14.8. The average Bonchev–Trinajstić information content (AvgIpc) is 4.30. The number of carboxylic acids is 1. The van der Waals surface area contributed by atoms with Crippen LogP contribution >= 0.6 is 0 Å². The van der Waals surface area contributed by atoms with Crippen molar-refractivity contribution < 1.29 is 113 Å². The van der Waals surface area contributed by atoms with Crippen molar-refractivity contribution in [3.05, 3.63) is 222 Å². The number of aliphatic imine (C=N–C) groups is 1. The first-order valence-corrected chi connectivity index (χ1v) is 23.4. The summed E-state index contributed by atoms with van der Waals surface area (Å²) in [6.07, 6.45) is 12.4. The summed E-state index contributed by atoms with van der Waals surface area (Å²) in [6, 6.07) is 21.9. The molecule has 0 radical (unpaired) electrons. The second kappa shape index (κ2) is 43.4. The number of carbonyl (C=O) groups excluding carboxylic acids is 3. The van der Waals surface area contributed by atoms with Gasteiger partial charge in [-0.2, -0.15) is 36.3 Å². The van der Waals surface area contributed by atoms with Crippen molar-refractivity contribution in [2.24, 2.45) is 16.5 Å². The molecule has 84 heavy (non-hydrogen) atoms. The minimum atomic E-state index is -4.44. The van der Waals surface area contributed by atoms with Crippen LogP contribution in [-0.4, -0.2) is 69.4 Å². The first-order chi connectivity index (χ1) is 38.1. The van der Waals surface area contributed by atoms with Crippen molar-refractivity contribution >= 4 is 54.3 Å². The molecule has 9 N–H and O–H groups in total. The number of nitrogens with zero attached hydrogens (tertiary/aromatic N) is 3. The summed E-state index contributed by atoms with van der Waals surface area (Å²) in [7, 11) is 0. The number of aromatic nitrogens is 2. The zero-order valence-electron chi connectivity index (χ0n) is 45.5. The molecule has 5 aromatic heterocycles. The van der Waals surface area contributed by atoms with Crippen molar-refractivity contribution in [1.29, 1.82) is 0 Å². The number of aldehydes is 1. The molecule has 0 saturated heterocycles. The number of furan rings is 4. The summed E-state index contributed by atoms with van der Waals surface area (Å²) in [5.41, 5.74) is 11.0. The van der Waals surface area contributed by atoms with Gasteiger partial charge in [-0.25, -0.2) is 9.59 Å². The molecular formula is C57H65F6LiN6O14. The average molecular weight is 1180 g/mol. The van der Waals surface area contributed by atoms with Gasteiger partial charge in [0.2, 0.25) is 5.91 Å². The van der Waals surface area contributed by atoms with Gasteiger partial charge in [-0.05, 0) is 118 Å². The summed E-state index contributed by atoms with van der Waals surface area (Å²) >= 11 is 0. The van der Waals surface area contributed by atoms with Crippen LogP contribution in [0.2, 0.25) is 0 Å². The molecular weight excluding hydrogens is 1110 g/mol. The molecule has 0 saturated carbocycles. The van der Waals surface area contributed by atoms with Gasteiger partial charge >= 0.3 is 43.2 Å². The zero-order valence-corrected chi connectivity index (χ0v) is 45.5. The Labute approximate surface area is 492 Å². The van der Waals surface area contributed by atoms with Gasteiger partial charge in [-0.3, -0.25) is 19.3 Å². The summed E-state index contributed by atoms with van der Waals surface area (Å²) in [4.78, 5) is 54.8. The molecule has 450 valence electrons. The van der Waals surface area contributed by atoms with Crippen LogP contribution in [0, 0.1) is 13.8 Å². The van der Waals surface area contributed by atoms with E-state index in [1.165, 1.54) is 84.8 Å². The Morgan fingerprint density at radius 1 is 0.762 bits per heavy atom. The Morgan fingerprint density at radius 3 is 1.64 bits per heavy atom. The fraction of sp³-hybridized carbons (Fsp3) is 0.193. The summed E-state index contributed by atoms with van der Waals surface area (Å²) < 4.78 is 103. The van der Waals surface area contributed by atoms with Crippen LogP contribution in [0.1, 0.15) is 82.5 Å². The van der Waals surface area contributed by atoms with Crippen molar-refractivity contribution in [3.8, 4) is 0 Å². The third kappa shape index (κ3) is 34.1. The molecule has 0 fully saturated rings. The van der Waals surface area contributed by atoms with Crippen molar-refractivity contribution in [2.75, 3.05) is 18.5 Å². The van der Waals surface area contributed by atoms with Crippen LogP contribution in [0.25, 0.3) is 18.2 Å². The number of halogens is 6. The van der Waals surface area contributed by atoms with Gasteiger partial charge in [0.25, 0.3) is 0 Å². The third-order valence-electron chi connectivity index (χ3n) is 9.07. The van der Waals surface area contributed by atoms with Crippen molar-refractivity contribution in [2.45, 2.75) is 60.6 Å². The number of hydrogen-bond acceptors (Lipinski definition) is 16. The molecule has 0 aliphatic carbocycles. The monoisotopic (exact) mass is 1180 g/mol. The molecule has 7 aromatic rings. The number of aryl methyl sites for hydroxylation is 2. The van der Waals surface area contributed by atoms with Gasteiger partial charge in [-0.1, -0.05) is 49.4 Å². The molecule has 5 heterocycles. The second-order valence-corrected chi connectivity index (χ2v) is 15.3. The van der Waals surface area contributed by atoms with Gasteiger partial charge in [-0.15, -0.1) is 0 Å². The van der Waals surface area contributed by atoms with E-state index in [0.717, 1.165) is 24.4 Å². The predicted octanol–water partition coefficient (Wildman–Crippen LogP) is 8.91. The fourth-order valence-electron chi connectivity index (χ4n) is 5.63. The van der Waals surface area contributed by atoms with E-state index in [1.807, 2.05) is 6.92 Å². The van der Waals surface area contributed by atoms with Crippen LogP contribution in [0.15, 0.2) is 188 Å². The van der Waals surface area contributed by atoms with Crippen LogP contribution in [0.3, 0.4) is 0 Å². The van der Waals surface area contributed by atoms with Gasteiger partial charge in [0.1, 0.15) is 23.5 Å². The predicted molar refractivity (Wildman–Crippen MR) is 298 cm³/mol. The fourth-order valence-corrected chi connectivity index (χ4v) is 5.63. The number of allylic oxidation sites excluding steroid dienone is 1. The largest absolute Gasteiger partial charge is 1.00 e. The van der Waals surface area contributed by atoms with E-state index in [0.29, 0.717) is 59.4 Å². The Hall–Kier alpha value is -9.32. The molecule has 0 aliphatic heterocycles. The molecule has 0 unspecified atom stereocenters. The number of esters is 1.